The van der Waals surface area contributed by atoms with Gasteiger partial charge in [0, 0.05) is 17.7 Å². The number of nitrogens with one attached hydrogen (secondary N) is 1. The Morgan fingerprint density at radius 3 is 2.17 bits per heavy atom. The molecule has 1 unspecified atom stereocenters. The van der Waals surface area contributed by atoms with E-state index in [1.807, 2.05) is 37.3 Å². The second-order valence-electron chi connectivity index (χ2n) is 7.58. The summed E-state index contributed by atoms with van der Waals surface area (Å²) in [4.78, 5) is 11.8. The van der Waals surface area contributed by atoms with Crippen molar-refractivity contribution >= 4 is 11.5 Å². The second kappa shape index (κ2) is 9.41. The summed E-state index contributed by atoms with van der Waals surface area (Å²) >= 11 is 0. The molecule has 2 nitrogen and oxygen atoms in total. The first kappa shape index (κ1) is 21.3. The van der Waals surface area contributed by atoms with Crippen LogP contribution < -0.4 is 5.32 Å². The number of aryl methyl sites for hydroxylation is 2. The summed E-state index contributed by atoms with van der Waals surface area (Å²) in [5.41, 5.74) is 8.63. The van der Waals surface area contributed by atoms with E-state index in [1.165, 1.54) is 22.3 Å². The van der Waals surface area contributed by atoms with Crippen LogP contribution in [-0.2, 0) is 0 Å². The first-order chi connectivity index (χ1) is 14.4. The van der Waals surface area contributed by atoms with Crippen molar-refractivity contribution in [2.24, 2.45) is 0 Å². The lowest BCUT2D eigenvalue weighted by molar-refractivity contribution is 0.0988. The lowest BCUT2D eigenvalue weighted by Crippen LogP contribution is -2.17. The summed E-state index contributed by atoms with van der Waals surface area (Å²) in [5, 5.41) is 3.46. The maximum absolute atomic E-state index is 11.8. The molecule has 1 atom stereocenters. The summed E-state index contributed by atoms with van der Waals surface area (Å²) < 4.78 is 0. The van der Waals surface area contributed by atoms with Crippen molar-refractivity contribution in [1.29, 1.82) is 0 Å². The number of carbonyl (C=O) groups excluding carboxylic acids is 1. The zero-order valence-electron chi connectivity index (χ0n) is 18.0. The molecule has 0 amide bonds. The van der Waals surface area contributed by atoms with E-state index in [0.717, 1.165) is 22.4 Å². The van der Waals surface area contributed by atoms with Gasteiger partial charge in [-0.25, -0.2) is 0 Å². The van der Waals surface area contributed by atoms with Gasteiger partial charge in [-0.15, -0.1) is 6.58 Å². The highest BCUT2D eigenvalue weighted by Gasteiger charge is 2.12. The van der Waals surface area contributed by atoms with E-state index in [1.54, 1.807) is 0 Å². The van der Waals surface area contributed by atoms with Crippen molar-refractivity contribution < 1.29 is 4.79 Å². The Bertz CT molecular complexity index is 1080. The molecule has 0 saturated carbocycles. The highest BCUT2D eigenvalue weighted by Crippen LogP contribution is 2.29. The largest absolute Gasteiger partial charge is 0.375 e. The smallest absolute Gasteiger partial charge is 0.162 e. The average Bonchev–Trinajstić information content (AvgIpc) is 2.77. The molecule has 3 rings (SSSR count). The van der Waals surface area contributed by atoms with E-state index in [9.17, 15) is 4.79 Å². The lowest BCUT2D eigenvalue weighted by Gasteiger charge is -2.20. The van der Waals surface area contributed by atoms with Crippen LogP contribution in [-0.4, -0.2) is 5.78 Å². The highest BCUT2D eigenvalue weighted by atomic mass is 16.1. The standard InChI is InChI=1S/C28H29NO/c1-6-27(29-21(5)22-12-14-23(15-13-22)28(30)7-2)24-16-17-26(20(4)18-24)25-11-9-8-10-19(25)3/h6,8-18,27,29H,1,5,7H2,2-4H3. The summed E-state index contributed by atoms with van der Waals surface area (Å²) in [5.74, 6) is 0.147. The van der Waals surface area contributed by atoms with E-state index >= 15 is 0 Å². The van der Waals surface area contributed by atoms with E-state index in [4.69, 9.17) is 0 Å². The highest BCUT2D eigenvalue weighted by molar-refractivity contribution is 5.96. The van der Waals surface area contributed by atoms with Crippen molar-refractivity contribution in [2.75, 3.05) is 0 Å². The van der Waals surface area contributed by atoms with Gasteiger partial charge in [-0.2, -0.15) is 0 Å². The van der Waals surface area contributed by atoms with Crippen LogP contribution in [0.2, 0.25) is 0 Å². The molecule has 0 bridgehead atoms. The Morgan fingerprint density at radius 2 is 1.57 bits per heavy atom. The van der Waals surface area contributed by atoms with Crippen molar-refractivity contribution in [1.82, 2.24) is 5.32 Å². The van der Waals surface area contributed by atoms with E-state index in [0.29, 0.717) is 6.42 Å². The van der Waals surface area contributed by atoms with E-state index < -0.39 is 0 Å². The summed E-state index contributed by atoms with van der Waals surface area (Å²) in [7, 11) is 0. The first-order valence-electron chi connectivity index (χ1n) is 10.3. The van der Waals surface area contributed by atoms with E-state index in [2.05, 4.69) is 74.8 Å². The van der Waals surface area contributed by atoms with Crippen LogP contribution in [0, 0.1) is 13.8 Å². The van der Waals surface area contributed by atoms with Crippen LogP contribution in [0.15, 0.2) is 86.0 Å². The van der Waals surface area contributed by atoms with Crippen LogP contribution in [0.3, 0.4) is 0 Å². The summed E-state index contributed by atoms with van der Waals surface area (Å²) in [6.45, 7) is 14.4. The quantitative estimate of drug-likeness (QED) is 0.327. The minimum Gasteiger partial charge on any atom is -0.375 e. The molecule has 152 valence electrons. The molecule has 0 spiro atoms. The van der Waals surface area contributed by atoms with Crippen LogP contribution in [0.1, 0.15) is 52.0 Å². The number of rotatable bonds is 8. The molecule has 3 aromatic rings. The molecule has 1 N–H and O–H groups in total. The minimum atomic E-state index is -0.0564. The zero-order valence-corrected chi connectivity index (χ0v) is 18.0. The Hall–Kier alpha value is -3.39. The molecule has 0 aliphatic rings. The Labute approximate surface area is 180 Å². The van der Waals surface area contributed by atoms with Gasteiger partial charge in [-0.05, 0) is 47.2 Å². The molecule has 3 aromatic carbocycles. The van der Waals surface area contributed by atoms with Crippen molar-refractivity contribution in [2.45, 2.75) is 33.2 Å². The Balaban J connectivity index is 1.80. The molecule has 2 heteroatoms. The summed E-state index contributed by atoms with van der Waals surface area (Å²) in [6, 6.07) is 22.5. The zero-order chi connectivity index (χ0) is 21.7. The van der Waals surface area contributed by atoms with Crippen molar-refractivity contribution in [3.63, 3.8) is 0 Å². The monoisotopic (exact) mass is 395 g/mol. The molecule has 0 fully saturated rings. The molecule has 0 heterocycles. The van der Waals surface area contributed by atoms with Gasteiger partial charge in [-0.3, -0.25) is 4.79 Å². The Kier molecular flexibility index (Phi) is 6.68. The second-order valence-corrected chi connectivity index (χ2v) is 7.58. The van der Waals surface area contributed by atoms with Crippen molar-refractivity contribution in [3.8, 4) is 11.1 Å². The third kappa shape index (κ3) is 4.60. The van der Waals surface area contributed by atoms with Crippen LogP contribution in [0.5, 0.6) is 0 Å². The van der Waals surface area contributed by atoms with Gasteiger partial charge in [0.15, 0.2) is 5.78 Å². The normalized spacial score (nSPS) is 11.6. The topological polar surface area (TPSA) is 29.1 Å². The van der Waals surface area contributed by atoms with Gasteiger partial charge in [0.05, 0.1) is 6.04 Å². The van der Waals surface area contributed by atoms with Crippen LogP contribution in [0.25, 0.3) is 16.8 Å². The van der Waals surface area contributed by atoms with Gasteiger partial charge in [-0.1, -0.05) is 86.3 Å². The first-order valence-corrected chi connectivity index (χ1v) is 10.3. The number of benzene rings is 3. The molecule has 0 aliphatic heterocycles. The van der Waals surface area contributed by atoms with Gasteiger partial charge in [0.1, 0.15) is 0 Å². The average molecular weight is 396 g/mol. The molecular formula is C28H29NO. The number of ketones is 1. The van der Waals surface area contributed by atoms with Crippen molar-refractivity contribution in [3.05, 3.63) is 114 Å². The fraction of sp³-hybridized carbons (Fsp3) is 0.179. The lowest BCUT2D eigenvalue weighted by atomic mass is 9.93. The number of hydrogen-bond donors (Lipinski definition) is 1. The summed E-state index contributed by atoms with van der Waals surface area (Å²) in [6.07, 6.45) is 2.40. The number of carbonyl (C=O) groups is 1. The van der Waals surface area contributed by atoms with Crippen LogP contribution in [0.4, 0.5) is 0 Å². The minimum absolute atomic E-state index is 0.0564. The SMILES string of the molecule is C=CC(NC(=C)c1ccc(C(=O)CC)cc1)c1ccc(-c2ccccc2C)c(C)c1. The maximum atomic E-state index is 11.8. The Morgan fingerprint density at radius 1 is 0.933 bits per heavy atom. The fourth-order valence-corrected chi connectivity index (χ4v) is 3.67. The van der Waals surface area contributed by atoms with Gasteiger partial charge in [0.2, 0.25) is 0 Å². The number of Topliss-reactive ketones (excluding diaryl/α,β-unsaturated/α-hetero) is 1. The molecule has 0 radical (unpaired) electrons. The van der Waals surface area contributed by atoms with Gasteiger partial charge < -0.3 is 5.32 Å². The molecule has 0 aliphatic carbocycles. The van der Waals surface area contributed by atoms with Gasteiger partial charge in [0.25, 0.3) is 0 Å². The predicted octanol–water partition coefficient (Wildman–Crippen LogP) is 7.05. The molecule has 30 heavy (non-hydrogen) atoms. The van der Waals surface area contributed by atoms with Crippen LogP contribution >= 0.6 is 0 Å². The maximum Gasteiger partial charge on any atom is 0.162 e. The third-order valence-corrected chi connectivity index (χ3v) is 5.49. The van der Waals surface area contributed by atoms with Gasteiger partial charge >= 0.3 is 0 Å². The predicted molar refractivity (Wildman–Crippen MR) is 128 cm³/mol. The van der Waals surface area contributed by atoms with E-state index in [-0.39, 0.29) is 11.8 Å². The third-order valence-electron chi connectivity index (χ3n) is 5.49. The molecule has 0 saturated heterocycles. The molecule has 0 aromatic heterocycles. The number of hydrogen-bond acceptors (Lipinski definition) is 2. The fourth-order valence-electron chi connectivity index (χ4n) is 3.67. The molecular weight excluding hydrogens is 366 g/mol.